The van der Waals surface area contributed by atoms with Gasteiger partial charge in [0, 0.05) is 38.9 Å². The van der Waals surface area contributed by atoms with Crippen molar-refractivity contribution in [2.45, 2.75) is 37.9 Å². The van der Waals surface area contributed by atoms with E-state index in [0.29, 0.717) is 11.8 Å². The van der Waals surface area contributed by atoms with Crippen molar-refractivity contribution in [1.82, 2.24) is 15.1 Å². The molecule has 2 aliphatic heterocycles. The predicted octanol–water partition coefficient (Wildman–Crippen LogP) is 3.70. The molecule has 9 heteroatoms. The Morgan fingerprint density at radius 2 is 1.81 bits per heavy atom. The van der Waals surface area contributed by atoms with Gasteiger partial charge in [0.1, 0.15) is 5.82 Å². The van der Waals surface area contributed by atoms with Crippen LogP contribution in [0.5, 0.6) is 0 Å². The number of aromatic nitrogens is 2. The third kappa shape index (κ3) is 4.49. The van der Waals surface area contributed by atoms with Crippen molar-refractivity contribution >= 4 is 17.4 Å². The van der Waals surface area contributed by atoms with E-state index in [9.17, 15) is 13.2 Å². The number of anilines is 1. The van der Waals surface area contributed by atoms with Gasteiger partial charge in [-0.2, -0.15) is 13.2 Å². The molecule has 1 N–H and O–H groups in total. The van der Waals surface area contributed by atoms with Crippen LogP contribution in [-0.4, -0.2) is 54.0 Å². The number of ether oxygens (including phenoxy) is 1. The fourth-order valence-electron chi connectivity index (χ4n) is 4.81. The highest BCUT2D eigenvalue weighted by molar-refractivity contribution is 6.30. The van der Waals surface area contributed by atoms with Crippen LogP contribution >= 0.6 is 11.6 Å². The van der Waals surface area contributed by atoms with Crippen LogP contribution in [0.25, 0.3) is 0 Å². The lowest BCUT2D eigenvalue weighted by Crippen LogP contribution is -2.32. The molecule has 150 valence electrons. The highest BCUT2D eigenvalue weighted by Gasteiger charge is 2.41. The summed E-state index contributed by atoms with van der Waals surface area (Å²) in [5.41, 5.74) is -0.942. The lowest BCUT2D eigenvalue weighted by atomic mass is 10.00. The molecule has 0 spiro atoms. The van der Waals surface area contributed by atoms with E-state index >= 15 is 0 Å². The minimum Gasteiger partial charge on any atom is -0.381 e. The highest BCUT2D eigenvalue weighted by atomic mass is 35.5. The molecule has 0 bridgehead atoms. The van der Waals surface area contributed by atoms with Crippen molar-refractivity contribution in [2.75, 3.05) is 38.2 Å². The van der Waals surface area contributed by atoms with E-state index in [0.717, 1.165) is 70.5 Å². The summed E-state index contributed by atoms with van der Waals surface area (Å²) in [5.74, 6) is 2.08. The summed E-state index contributed by atoms with van der Waals surface area (Å²) in [6.45, 7) is 5.06. The van der Waals surface area contributed by atoms with Crippen LogP contribution in [0.4, 0.5) is 19.0 Å². The summed E-state index contributed by atoms with van der Waals surface area (Å²) in [6.07, 6.45) is -0.318. The molecule has 5 nitrogen and oxygen atoms in total. The topological polar surface area (TPSA) is 50.3 Å². The van der Waals surface area contributed by atoms with Crippen molar-refractivity contribution in [1.29, 1.82) is 0 Å². The molecule has 3 heterocycles. The third-order valence-electron chi connectivity index (χ3n) is 6.09. The number of hydrogen-bond acceptors (Lipinski definition) is 5. The van der Waals surface area contributed by atoms with Gasteiger partial charge in [-0.05, 0) is 49.5 Å². The zero-order chi connectivity index (χ0) is 19.0. The maximum Gasteiger partial charge on any atom is 0.419 e. The van der Waals surface area contributed by atoms with Gasteiger partial charge < -0.3 is 15.0 Å². The first kappa shape index (κ1) is 19.2. The molecule has 1 aliphatic carbocycles. The summed E-state index contributed by atoms with van der Waals surface area (Å²) in [7, 11) is 0. The van der Waals surface area contributed by atoms with Crippen LogP contribution < -0.4 is 5.32 Å². The largest absolute Gasteiger partial charge is 0.419 e. The summed E-state index contributed by atoms with van der Waals surface area (Å²) in [4.78, 5) is 2.56. The fraction of sp³-hybridized carbons (Fsp3) is 0.778. The van der Waals surface area contributed by atoms with E-state index in [1.54, 1.807) is 0 Å². The third-order valence-corrected chi connectivity index (χ3v) is 6.37. The van der Waals surface area contributed by atoms with E-state index in [2.05, 4.69) is 20.4 Å². The second kappa shape index (κ2) is 7.72. The van der Waals surface area contributed by atoms with Crippen molar-refractivity contribution in [2.24, 2.45) is 17.8 Å². The lowest BCUT2D eigenvalue weighted by Gasteiger charge is -2.27. The van der Waals surface area contributed by atoms with Gasteiger partial charge in [-0.15, -0.1) is 10.2 Å². The number of alkyl halides is 3. The zero-order valence-corrected chi connectivity index (χ0v) is 15.8. The van der Waals surface area contributed by atoms with Crippen LogP contribution in [0.1, 0.15) is 31.2 Å². The van der Waals surface area contributed by atoms with E-state index in [1.165, 1.54) is 0 Å². The first-order valence-electron chi connectivity index (χ1n) is 9.55. The average Bonchev–Trinajstić information content (AvgIpc) is 3.14. The van der Waals surface area contributed by atoms with E-state index < -0.39 is 16.9 Å². The highest BCUT2D eigenvalue weighted by Crippen LogP contribution is 2.40. The monoisotopic (exact) mass is 404 g/mol. The maximum atomic E-state index is 13.0. The Kier molecular flexibility index (Phi) is 5.49. The second-order valence-corrected chi connectivity index (χ2v) is 8.40. The molecule has 0 amide bonds. The van der Waals surface area contributed by atoms with Crippen LogP contribution in [0.2, 0.25) is 5.15 Å². The molecule has 1 aromatic heterocycles. The number of nitrogens with one attached hydrogen (secondary N) is 1. The predicted molar refractivity (Wildman–Crippen MR) is 95.7 cm³/mol. The molecule has 3 fully saturated rings. The number of nitrogens with zero attached hydrogens (tertiary/aromatic N) is 3. The molecule has 0 aromatic carbocycles. The van der Waals surface area contributed by atoms with Gasteiger partial charge in [-0.1, -0.05) is 11.6 Å². The summed E-state index contributed by atoms with van der Waals surface area (Å²) >= 11 is 5.54. The van der Waals surface area contributed by atoms with Crippen molar-refractivity contribution in [3.63, 3.8) is 0 Å². The van der Waals surface area contributed by atoms with E-state index in [1.807, 2.05) is 0 Å². The minimum absolute atomic E-state index is 0.141. The Bertz CT molecular complexity index is 654. The van der Waals surface area contributed by atoms with Crippen LogP contribution in [-0.2, 0) is 10.9 Å². The number of hydrogen-bond donors (Lipinski definition) is 1. The van der Waals surface area contributed by atoms with Gasteiger partial charge in [-0.25, -0.2) is 0 Å². The lowest BCUT2D eigenvalue weighted by molar-refractivity contribution is -0.137. The summed E-state index contributed by atoms with van der Waals surface area (Å²) in [6, 6.07) is 1.10. The molecular formula is C18H24ClF3N4O. The molecule has 0 radical (unpaired) electrons. The smallest absolute Gasteiger partial charge is 0.381 e. The van der Waals surface area contributed by atoms with Gasteiger partial charge in [0.2, 0.25) is 0 Å². The molecule has 27 heavy (non-hydrogen) atoms. The first-order valence-corrected chi connectivity index (χ1v) is 9.93. The van der Waals surface area contributed by atoms with Gasteiger partial charge >= 0.3 is 6.18 Å². The Morgan fingerprint density at radius 1 is 1.15 bits per heavy atom. The molecule has 0 unspecified atom stereocenters. The second-order valence-electron chi connectivity index (χ2n) is 8.04. The Morgan fingerprint density at radius 3 is 2.44 bits per heavy atom. The van der Waals surface area contributed by atoms with Gasteiger partial charge in [0.25, 0.3) is 0 Å². The van der Waals surface area contributed by atoms with E-state index in [4.69, 9.17) is 16.3 Å². The summed E-state index contributed by atoms with van der Waals surface area (Å²) in [5, 5.41) is 9.77. The molecule has 4 rings (SSSR count). The van der Waals surface area contributed by atoms with Crippen molar-refractivity contribution in [3.8, 4) is 0 Å². The molecule has 2 saturated heterocycles. The van der Waals surface area contributed by atoms with Crippen molar-refractivity contribution < 1.29 is 17.9 Å². The minimum atomic E-state index is -4.53. The maximum absolute atomic E-state index is 13.0. The molecule has 1 aromatic rings. The Balaban J connectivity index is 1.30. The van der Waals surface area contributed by atoms with Crippen molar-refractivity contribution in [3.05, 3.63) is 16.8 Å². The van der Waals surface area contributed by atoms with Crippen LogP contribution in [0.15, 0.2) is 6.07 Å². The molecular weight excluding hydrogens is 381 g/mol. The van der Waals surface area contributed by atoms with Gasteiger partial charge in [0.15, 0.2) is 5.15 Å². The average molecular weight is 405 g/mol. The number of rotatable bonds is 4. The fourth-order valence-corrected chi connectivity index (χ4v) is 5.01. The molecule has 3 atom stereocenters. The SMILES string of the molecule is FC(F)(F)c1cc(N[C@@H]2C[C@@H]3CN(CC4CCOCC4)C[C@@H]3C2)nnc1Cl. The molecule has 1 saturated carbocycles. The van der Waals surface area contributed by atoms with Gasteiger partial charge in [-0.3, -0.25) is 0 Å². The zero-order valence-electron chi connectivity index (χ0n) is 15.0. The quantitative estimate of drug-likeness (QED) is 0.829. The first-order chi connectivity index (χ1) is 12.9. The normalized spacial score (nSPS) is 29.9. The van der Waals surface area contributed by atoms with E-state index in [-0.39, 0.29) is 11.9 Å². The number of likely N-dealkylation sites (tertiary alicyclic amines) is 1. The number of halogens is 4. The molecule has 3 aliphatic rings. The summed E-state index contributed by atoms with van der Waals surface area (Å²) < 4.78 is 44.3. The van der Waals surface area contributed by atoms with Crippen LogP contribution in [0.3, 0.4) is 0 Å². The van der Waals surface area contributed by atoms with Gasteiger partial charge in [0.05, 0.1) is 5.56 Å². The Hall–Kier alpha value is -1.12. The van der Waals surface area contributed by atoms with Crippen LogP contribution in [0, 0.1) is 17.8 Å². The number of fused-ring (bicyclic) bond motifs is 1. The Labute approximate surface area is 161 Å². The standard InChI is InChI=1S/C18H24ClF3N4O/c19-17-15(18(20,21)22)7-16(24-25-17)23-14-5-12-9-26(10-13(12)6-14)8-11-1-3-27-4-2-11/h7,11-14H,1-6,8-10H2,(H,23,24)/t12-,13+,14-.